The molecule has 1 saturated heterocycles. The molecule has 4 rings (SSSR count). The Kier molecular flexibility index (Phi) is 7.02. The highest BCUT2D eigenvalue weighted by Gasteiger charge is 2.26. The molecule has 1 atom stereocenters. The summed E-state index contributed by atoms with van der Waals surface area (Å²) in [5.74, 6) is 0.546. The zero-order valence-electron chi connectivity index (χ0n) is 18.0. The van der Waals surface area contributed by atoms with Crippen molar-refractivity contribution in [1.29, 1.82) is 0 Å². The van der Waals surface area contributed by atoms with Gasteiger partial charge in [-0.2, -0.15) is 0 Å². The monoisotopic (exact) mass is 452 g/mol. The van der Waals surface area contributed by atoms with Crippen LogP contribution in [0, 0.1) is 5.82 Å². The van der Waals surface area contributed by atoms with Crippen molar-refractivity contribution in [3.8, 4) is 0 Å². The average molecular weight is 453 g/mol. The average Bonchev–Trinajstić information content (AvgIpc) is 2.80. The Morgan fingerprint density at radius 3 is 2.59 bits per heavy atom. The Morgan fingerprint density at radius 2 is 1.88 bits per heavy atom. The smallest absolute Gasteiger partial charge is 0.251 e. The number of pyridine rings is 1. The first-order chi connectivity index (χ1) is 15.5. The Labute approximate surface area is 192 Å². The van der Waals surface area contributed by atoms with Crippen LogP contribution in [0.5, 0.6) is 0 Å². The molecule has 0 radical (unpaired) electrons. The lowest BCUT2D eigenvalue weighted by Gasteiger charge is -2.41. The maximum Gasteiger partial charge on any atom is 0.251 e. The van der Waals surface area contributed by atoms with E-state index in [0.717, 1.165) is 43.1 Å². The Bertz CT molecular complexity index is 1060. The molecule has 5 nitrogen and oxygen atoms in total. The van der Waals surface area contributed by atoms with Gasteiger partial charge >= 0.3 is 0 Å². The maximum absolute atomic E-state index is 13.2. The first kappa shape index (κ1) is 22.2. The van der Waals surface area contributed by atoms with Gasteiger partial charge in [-0.15, -0.1) is 0 Å². The highest BCUT2D eigenvalue weighted by Crippen LogP contribution is 2.23. The number of halogens is 2. The Morgan fingerprint density at radius 1 is 1.12 bits per heavy atom. The van der Waals surface area contributed by atoms with Crippen molar-refractivity contribution in [2.45, 2.75) is 26.1 Å². The standard InChI is InChI=1S/C25H26ClFN4O/c1-18-16-30(17-19-4-10-23(27)11-5-19)13-14-31(18)24-21(3-2-12-28-24)15-29-25(32)20-6-8-22(26)9-7-20/h2-12,18H,13-17H2,1H3,(H,29,32). The number of hydrogen-bond donors (Lipinski definition) is 1. The molecule has 1 aliphatic heterocycles. The predicted molar refractivity (Wildman–Crippen MR) is 125 cm³/mol. The zero-order chi connectivity index (χ0) is 22.5. The van der Waals surface area contributed by atoms with E-state index >= 15 is 0 Å². The van der Waals surface area contributed by atoms with E-state index in [1.54, 1.807) is 30.5 Å². The van der Waals surface area contributed by atoms with Crippen molar-refractivity contribution in [3.05, 3.63) is 94.4 Å². The summed E-state index contributed by atoms with van der Waals surface area (Å²) in [6.07, 6.45) is 1.79. The first-order valence-corrected chi connectivity index (χ1v) is 11.1. The number of rotatable bonds is 6. The SMILES string of the molecule is CC1CN(Cc2ccc(F)cc2)CCN1c1ncccc1CNC(=O)c1ccc(Cl)cc1. The molecule has 1 amide bonds. The van der Waals surface area contributed by atoms with Gasteiger partial charge in [0, 0.05) is 61.1 Å². The molecule has 0 bridgehead atoms. The molecule has 7 heteroatoms. The fourth-order valence-electron chi connectivity index (χ4n) is 4.05. The molecule has 3 aromatic rings. The summed E-state index contributed by atoms with van der Waals surface area (Å²) in [4.78, 5) is 21.8. The molecule has 166 valence electrons. The van der Waals surface area contributed by atoms with E-state index in [4.69, 9.17) is 11.6 Å². The second kappa shape index (κ2) is 10.1. The second-order valence-corrected chi connectivity index (χ2v) is 8.52. The van der Waals surface area contributed by atoms with Crippen LogP contribution in [0.25, 0.3) is 0 Å². The number of hydrogen-bond acceptors (Lipinski definition) is 4. The molecule has 2 aromatic carbocycles. The molecule has 1 N–H and O–H groups in total. The van der Waals surface area contributed by atoms with Gasteiger partial charge in [0.1, 0.15) is 11.6 Å². The number of benzene rings is 2. The number of nitrogens with one attached hydrogen (secondary N) is 1. The van der Waals surface area contributed by atoms with Crippen LogP contribution in [0.4, 0.5) is 10.2 Å². The second-order valence-electron chi connectivity index (χ2n) is 8.08. The number of aromatic nitrogens is 1. The van der Waals surface area contributed by atoms with E-state index in [1.807, 2.05) is 24.3 Å². The van der Waals surface area contributed by atoms with Gasteiger partial charge in [-0.1, -0.05) is 29.8 Å². The van der Waals surface area contributed by atoms with E-state index in [2.05, 4.69) is 27.0 Å². The molecule has 0 aliphatic carbocycles. The molecular weight excluding hydrogens is 427 g/mol. The molecule has 1 fully saturated rings. The lowest BCUT2D eigenvalue weighted by Crippen LogP contribution is -2.52. The number of anilines is 1. The Balaban J connectivity index is 1.39. The summed E-state index contributed by atoms with van der Waals surface area (Å²) >= 11 is 5.91. The van der Waals surface area contributed by atoms with Crippen LogP contribution in [0.15, 0.2) is 66.9 Å². The summed E-state index contributed by atoms with van der Waals surface area (Å²) in [7, 11) is 0. The zero-order valence-corrected chi connectivity index (χ0v) is 18.7. The fourth-order valence-corrected chi connectivity index (χ4v) is 4.17. The minimum absolute atomic E-state index is 0.145. The summed E-state index contributed by atoms with van der Waals surface area (Å²) in [6, 6.07) is 17.7. The quantitative estimate of drug-likeness (QED) is 0.597. The van der Waals surface area contributed by atoms with Crippen LogP contribution in [0.1, 0.15) is 28.4 Å². The van der Waals surface area contributed by atoms with Gasteiger partial charge in [0.15, 0.2) is 0 Å². The molecule has 0 saturated carbocycles. The summed E-state index contributed by atoms with van der Waals surface area (Å²) in [5, 5.41) is 3.59. The third-order valence-corrected chi connectivity index (χ3v) is 5.97. The van der Waals surface area contributed by atoms with Gasteiger partial charge in [-0.05, 0) is 55.0 Å². The topological polar surface area (TPSA) is 48.5 Å². The van der Waals surface area contributed by atoms with Gasteiger partial charge < -0.3 is 10.2 Å². The molecule has 2 heterocycles. The van der Waals surface area contributed by atoms with Crippen molar-refractivity contribution < 1.29 is 9.18 Å². The predicted octanol–water partition coefficient (Wildman–Crippen LogP) is 4.51. The van der Waals surface area contributed by atoms with Crippen molar-refractivity contribution in [3.63, 3.8) is 0 Å². The largest absolute Gasteiger partial charge is 0.351 e. The van der Waals surface area contributed by atoms with E-state index in [0.29, 0.717) is 17.1 Å². The van der Waals surface area contributed by atoms with Crippen molar-refractivity contribution in [1.82, 2.24) is 15.2 Å². The van der Waals surface area contributed by atoms with Crippen LogP contribution >= 0.6 is 11.6 Å². The number of amides is 1. The molecule has 32 heavy (non-hydrogen) atoms. The van der Waals surface area contributed by atoms with Crippen molar-refractivity contribution in [2.24, 2.45) is 0 Å². The van der Waals surface area contributed by atoms with E-state index in [9.17, 15) is 9.18 Å². The van der Waals surface area contributed by atoms with E-state index in [-0.39, 0.29) is 17.8 Å². The Hall–Kier alpha value is -2.96. The molecule has 1 unspecified atom stereocenters. The number of carbonyl (C=O) groups excluding carboxylic acids is 1. The third kappa shape index (κ3) is 5.44. The number of carbonyl (C=O) groups is 1. The van der Waals surface area contributed by atoms with Gasteiger partial charge in [0.2, 0.25) is 0 Å². The van der Waals surface area contributed by atoms with Gasteiger partial charge in [0.25, 0.3) is 5.91 Å². The highest BCUT2D eigenvalue weighted by atomic mass is 35.5. The van der Waals surface area contributed by atoms with Crippen LogP contribution in [0.3, 0.4) is 0 Å². The van der Waals surface area contributed by atoms with Gasteiger partial charge in [0.05, 0.1) is 0 Å². The van der Waals surface area contributed by atoms with E-state index < -0.39 is 0 Å². The van der Waals surface area contributed by atoms with Crippen LogP contribution < -0.4 is 10.2 Å². The lowest BCUT2D eigenvalue weighted by molar-refractivity contribution is 0.0951. The van der Waals surface area contributed by atoms with E-state index in [1.165, 1.54) is 12.1 Å². The van der Waals surface area contributed by atoms with Gasteiger partial charge in [-0.25, -0.2) is 9.37 Å². The summed E-state index contributed by atoms with van der Waals surface area (Å²) < 4.78 is 13.2. The van der Waals surface area contributed by atoms with Crippen molar-refractivity contribution in [2.75, 3.05) is 24.5 Å². The highest BCUT2D eigenvalue weighted by molar-refractivity contribution is 6.30. The van der Waals surface area contributed by atoms with Crippen LogP contribution in [0.2, 0.25) is 5.02 Å². The third-order valence-electron chi connectivity index (χ3n) is 5.72. The minimum atomic E-state index is -0.210. The molecule has 0 spiro atoms. The lowest BCUT2D eigenvalue weighted by atomic mass is 10.1. The minimum Gasteiger partial charge on any atom is -0.351 e. The number of piperazine rings is 1. The normalized spacial score (nSPS) is 16.7. The summed E-state index contributed by atoms with van der Waals surface area (Å²) in [6.45, 7) is 5.97. The molecule has 1 aliphatic rings. The maximum atomic E-state index is 13.2. The molecule has 1 aromatic heterocycles. The summed E-state index contributed by atoms with van der Waals surface area (Å²) in [5.41, 5.74) is 2.66. The van der Waals surface area contributed by atoms with Crippen LogP contribution in [-0.4, -0.2) is 41.5 Å². The van der Waals surface area contributed by atoms with Crippen molar-refractivity contribution >= 4 is 23.3 Å². The number of nitrogens with zero attached hydrogens (tertiary/aromatic N) is 3. The van der Waals surface area contributed by atoms with Gasteiger partial charge in [-0.3, -0.25) is 9.69 Å². The molecular formula is C25H26ClFN4O. The fraction of sp³-hybridized carbons (Fsp3) is 0.280. The first-order valence-electron chi connectivity index (χ1n) is 10.7. The van der Waals surface area contributed by atoms with Crippen LogP contribution in [-0.2, 0) is 13.1 Å².